The molecular formula is C8H6N2. The highest BCUT2D eigenvalue weighted by Crippen LogP contribution is 2.20. The van der Waals surface area contributed by atoms with Crippen LogP contribution in [0, 0.1) is 5.41 Å². The van der Waals surface area contributed by atoms with E-state index in [1.807, 2.05) is 12.2 Å². The van der Waals surface area contributed by atoms with Gasteiger partial charge in [-0.3, -0.25) is 4.99 Å². The molecule has 0 unspecified atom stereocenters. The van der Waals surface area contributed by atoms with Crippen LogP contribution in [0.25, 0.3) is 0 Å². The van der Waals surface area contributed by atoms with Gasteiger partial charge in [0.05, 0.1) is 11.4 Å². The maximum atomic E-state index is 7.28. The lowest BCUT2D eigenvalue weighted by Gasteiger charge is -2.01. The third-order valence-electron chi connectivity index (χ3n) is 1.50. The molecule has 0 fully saturated rings. The highest BCUT2D eigenvalue weighted by atomic mass is 14.8. The van der Waals surface area contributed by atoms with Gasteiger partial charge in [0.2, 0.25) is 0 Å². The summed E-state index contributed by atoms with van der Waals surface area (Å²) in [6, 6.07) is 0. The number of hydrogen-bond acceptors (Lipinski definition) is 2. The Bertz CT molecular complexity index is 303. The van der Waals surface area contributed by atoms with Crippen LogP contribution in [-0.2, 0) is 0 Å². The zero-order valence-electron chi connectivity index (χ0n) is 5.33. The first-order valence-corrected chi connectivity index (χ1v) is 3.09. The first-order valence-electron chi connectivity index (χ1n) is 3.09. The quantitative estimate of drug-likeness (QED) is 0.515. The van der Waals surface area contributed by atoms with E-state index in [-0.39, 0.29) is 0 Å². The van der Waals surface area contributed by atoms with Crippen LogP contribution in [0.5, 0.6) is 0 Å². The van der Waals surface area contributed by atoms with Crippen molar-refractivity contribution in [3.05, 3.63) is 35.6 Å². The van der Waals surface area contributed by atoms with E-state index in [1.54, 1.807) is 18.4 Å². The zero-order valence-corrected chi connectivity index (χ0v) is 5.33. The molecule has 48 valence electrons. The molecule has 2 nitrogen and oxygen atoms in total. The van der Waals surface area contributed by atoms with Gasteiger partial charge in [0, 0.05) is 11.8 Å². The first kappa shape index (κ1) is 5.35. The summed E-state index contributed by atoms with van der Waals surface area (Å²) in [6.45, 7) is 0. The molecule has 1 aliphatic carbocycles. The summed E-state index contributed by atoms with van der Waals surface area (Å²) in [5, 5.41) is 7.28. The lowest BCUT2D eigenvalue weighted by atomic mass is 10.1. The Kier molecular flexibility index (Phi) is 0.947. The van der Waals surface area contributed by atoms with E-state index in [9.17, 15) is 0 Å². The fraction of sp³-hybridized carbons (Fsp3) is 0. The van der Waals surface area contributed by atoms with E-state index in [4.69, 9.17) is 5.41 Å². The van der Waals surface area contributed by atoms with Gasteiger partial charge in [0.15, 0.2) is 0 Å². The third-order valence-corrected chi connectivity index (χ3v) is 1.50. The van der Waals surface area contributed by atoms with Gasteiger partial charge in [-0.2, -0.15) is 0 Å². The average molecular weight is 130 g/mol. The van der Waals surface area contributed by atoms with Crippen molar-refractivity contribution in [1.82, 2.24) is 0 Å². The number of hydrogen-bond donors (Lipinski definition) is 1. The Morgan fingerprint density at radius 2 is 2.20 bits per heavy atom. The van der Waals surface area contributed by atoms with Gasteiger partial charge in [0.25, 0.3) is 0 Å². The number of aliphatic imine (C=N–C) groups is 1. The Morgan fingerprint density at radius 3 is 3.10 bits per heavy atom. The maximum absolute atomic E-state index is 7.28. The fourth-order valence-corrected chi connectivity index (χ4v) is 0.994. The van der Waals surface area contributed by atoms with E-state index in [0.717, 1.165) is 11.3 Å². The summed E-state index contributed by atoms with van der Waals surface area (Å²) in [5.41, 5.74) is 2.54. The third kappa shape index (κ3) is 0.658. The minimum Gasteiger partial charge on any atom is -0.301 e. The molecule has 0 aromatic carbocycles. The van der Waals surface area contributed by atoms with Crippen LogP contribution in [-0.4, -0.2) is 11.9 Å². The fourth-order valence-electron chi connectivity index (χ4n) is 0.994. The normalized spacial score (nSPS) is 20.6. The molecule has 2 heteroatoms. The van der Waals surface area contributed by atoms with Crippen molar-refractivity contribution in [2.45, 2.75) is 0 Å². The van der Waals surface area contributed by atoms with Crippen molar-refractivity contribution in [3.8, 4) is 0 Å². The van der Waals surface area contributed by atoms with Crippen LogP contribution >= 0.6 is 0 Å². The largest absolute Gasteiger partial charge is 0.301 e. The van der Waals surface area contributed by atoms with Crippen LogP contribution in [0.4, 0.5) is 0 Å². The van der Waals surface area contributed by atoms with E-state index >= 15 is 0 Å². The van der Waals surface area contributed by atoms with E-state index in [1.165, 1.54) is 0 Å². The molecule has 0 amide bonds. The Hall–Kier alpha value is -1.44. The van der Waals surface area contributed by atoms with E-state index in [2.05, 4.69) is 4.99 Å². The summed E-state index contributed by atoms with van der Waals surface area (Å²) < 4.78 is 0. The first-order chi connectivity index (χ1) is 4.86. The second kappa shape index (κ2) is 1.77. The smallest absolute Gasteiger partial charge is 0.0723 e. The molecule has 2 rings (SSSR count). The molecule has 0 radical (unpaired) electrons. The van der Waals surface area contributed by atoms with E-state index < -0.39 is 0 Å². The summed E-state index contributed by atoms with van der Waals surface area (Å²) in [5.74, 6) is 0. The Labute approximate surface area is 58.8 Å². The van der Waals surface area contributed by atoms with Gasteiger partial charge in [-0.15, -0.1) is 0 Å². The molecule has 0 atom stereocenters. The van der Waals surface area contributed by atoms with Gasteiger partial charge in [-0.05, 0) is 18.2 Å². The van der Waals surface area contributed by atoms with Crippen LogP contribution in [0.2, 0.25) is 0 Å². The monoisotopic (exact) mass is 130 g/mol. The number of nitrogens with one attached hydrogen (secondary N) is 1. The van der Waals surface area contributed by atoms with Gasteiger partial charge in [-0.1, -0.05) is 6.08 Å². The average Bonchev–Trinajstić information content (AvgIpc) is 2.33. The van der Waals surface area contributed by atoms with Crippen molar-refractivity contribution in [2.24, 2.45) is 4.99 Å². The summed E-state index contributed by atoms with van der Waals surface area (Å²) in [6.07, 6.45) is 9.13. The van der Waals surface area contributed by atoms with Crippen molar-refractivity contribution in [1.29, 1.82) is 5.41 Å². The van der Waals surface area contributed by atoms with Crippen molar-refractivity contribution < 1.29 is 0 Å². The second-order valence-corrected chi connectivity index (χ2v) is 2.22. The summed E-state index contributed by atoms with van der Waals surface area (Å²) >= 11 is 0. The maximum Gasteiger partial charge on any atom is 0.0723 e. The van der Waals surface area contributed by atoms with Gasteiger partial charge < -0.3 is 5.41 Å². The Morgan fingerprint density at radius 1 is 1.30 bits per heavy atom. The molecule has 1 N–H and O–H groups in total. The molecule has 0 saturated carbocycles. The second-order valence-electron chi connectivity index (χ2n) is 2.22. The molecule has 1 heterocycles. The molecule has 10 heavy (non-hydrogen) atoms. The molecule has 1 aliphatic heterocycles. The predicted octanol–water partition coefficient (Wildman–Crippen LogP) is 1.47. The van der Waals surface area contributed by atoms with Gasteiger partial charge >= 0.3 is 0 Å². The Balaban J connectivity index is 2.51. The number of nitrogens with zero attached hydrogens (tertiary/aromatic N) is 1. The minimum atomic E-state index is 0.520. The number of allylic oxidation sites excluding steroid dienone is 4. The van der Waals surface area contributed by atoms with Gasteiger partial charge in [-0.25, -0.2) is 0 Å². The van der Waals surface area contributed by atoms with Crippen molar-refractivity contribution in [3.63, 3.8) is 0 Å². The summed E-state index contributed by atoms with van der Waals surface area (Å²) in [7, 11) is 0. The molecule has 0 bridgehead atoms. The zero-order chi connectivity index (χ0) is 6.97. The van der Waals surface area contributed by atoms with E-state index in [0.29, 0.717) is 5.71 Å². The minimum absolute atomic E-state index is 0.520. The van der Waals surface area contributed by atoms with Crippen LogP contribution in [0.1, 0.15) is 0 Å². The topological polar surface area (TPSA) is 36.2 Å². The van der Waals surface area contributed by atoms with Gasteiger partial charge in [0.1, 0.15) is 0 Å². The molecular weight excluding hydrogens is 124 g/mol. The molecule has 0 aromatic rings. The highest BCUT2D eigenvalue weighted by molar-refractivity contribution is 6.05. The summed E-state index contributed by atoms with van der Waals surface area (Å²) in [4.78, 5) is 4.06. The van der Waals surface area contributed by atoms with Crippen LogP contribution < -0.4 is 0 Å². The van der Waals surface area contributed by atoms with Crippen LogP contribution in [0.15, 0.2) is 40.6 Å². The van der Waals surface area contributed by atoms with Crippen molar-refractivity contribution in [2.75, 3.05) is 0 Å². The standard InChI is InChI=1S/C8H6N2/c9-7-2-1-6-3-4-10-8(6)5-7/h1-5,9H. The lowest BCUT2D eigenvalue weighted by molar-refractivity contribution is 1.38. The molecule has 2 aliphatic rings. The number of rotatable bonds is 0. The lowest BCUT2D eigenvalue weighted by Crippen LogP contribution is -1.94. The molecule has 0 spiro atoms. The SMILES string of the molecule is N=C1C=CC2=CC=NC2=C1. The highest BCUT2D eigenvalue weighted by Gasteiger charge is 2.08. The van der Waals surface area contributed by atoms with Crippen molar-refractivity contribution >= 4 is 11.9 Å². The number of fused-ring (bicyclic) bond motifs is 1. The molecule has 0 aromatic heterocycles. The molecule has 0 saturated heterocycles. The predicted molar refractivity (Wildman–Crippen MR) is 41.5 cm³/mol. The van der Waals surface area contributed by atoms with Crippen LogP contribution in [0.3, 0.4) is 0 Å².